The second-order valence-electron chi connectivity index (χ2n) is 3.59. The summed E-state index contributed by atoms with van der Waals surface area (Å²) < 4.78 is 4.10. The lowest BCUT2D eigenvalue weighted by atomic mass is 10.3. The minimum absolute atomic E-state index is 0.217. The lowest BCUT2D eigenvalue weighted by molar-refractivity contribution is -0.117. The molecule has 0 saturated heterocycles. The summed E-state index contributed by atoms with van der Waals surface area (Å²) >= 11 is 11.6. The number of methoxy groups -OCH3 is 1. The van der Waals surface area contributed by atoms with Crippen molar-refractivity contribution in [2.45, 2.75) is 10.8 Å². The lowest BCUT2D eigenvalue weighted by Gasteiger charge is -2.05. The summed E-state index contributed by atoms with van der Waals surface area (Å²) in [6.07, 6.45) is 2.03. The minimum atomic E-state index is -0.914. The molecule has 1 fully saturated rings. The van der Waals surface area contributed by atoms with Gasteiger partial charge in [-0.05, 0) is 12.5 Å². The summed E-state index contributed by atoms with van der Waals surface area (Å²) in [5, 5.41) is 2.64. The van der Waals surface area contributed by atoms with E-state index in [1.807, 2.05) is 0 Å². The highest BCUT2D eigenvalue weighted by atomic mass is 35.5. The molecule has 0 radical (unpaired) electrons. The molecule has 1 saturated carbocycles. The fraction of sp³-hybridized carbons (Fsp3) is 0.400. The predicted molar refractivity (Wildman–Crippen MR) is 62.0 cm³/mol. The minimum Gasteiger partial charge on any atom is -0.497 e. The Bertz CT molecular complexity index is 423. The van der Waals surface area contributed by atoms with Gasteiger partial charge in [-0.2, -0.15) is 0 Å². The molecule has 1 atom stereocenters. The molecule has 1 N–H and O–H groups in total. The molecular formula is C10H10Cl2N2O2. The molecule has 0 aromatic carbocycles. The largest absolute Gasteiger partial charge is 0.497 e. The number of ether oxygens (including phenoxy) is 1. The molecule has 2 rings (SSSR count). The van der Waals surface area contributed by atoms with E-state index in [0.717, 1.165) is 0 Å². The van der Waals surface area contributed by atoms with Gasteiger partial charge in [0.15, 0.2) is 0 Å². The molecule has 1 amide bonds. The topological polar surface area (TPSA) is 51.2 Å². The Morgan fingerprint density at radius 3 is 2.94 bits per heavy atom. The fourth-order valence-corrected chi connectivity index (χ4v) is 1.82. The van der Waals surface area contributed by atoms with E-state index in [1.54, 1.807) is 25.4 Å². The van der Waals surface area contributed by atoms with Crippen LogP contribution in [0.3, 0.4) is 0 Å². The zero-order valence-corrected chi connectivity index (χ0v) is 10.0. The van der Waals surface area contributed by atoms with Crippen LogP contribution in [0.5, 0.6) is 5.75 Å². The van der Waals surface area contributed by atoms with Gasteiger partial charge in [0.05, 0.1) is 13.0 Å². The number of aromatic nitrogens is 1. The molecule has 1 heterocycles. The molecular weight excluding hydrogens is 251 g/mol. The Balaban J connectivity index is 2.01. The summed E-state index contributed by atoms with van der Waals surface area (Å²) in [4.78, 5) is 15.6. The van der Waals surface area contributed by atoms with Crippen molar-refractivity contribution in [3.8, 4) is 5.75 Å². The van der Waals surface area contributed by atoms with E-state index in [0.29, 0.717) is 18.0 Å². The zero-order valence-electron chi connectivity index (χ0n) is 8.54. The first-order chi connectivity index (χ1) is 7.53. The van der Waals surface area contributed by atoms with Crippen molar-refractivity contribution in [1.82, 2.24) is 4.98 Å². The molecule has 1 aliphatic rings. The highest BCUT2D eigenvalue weighted by Gasteiger charge is 2.56. The number of carbonyl (C=O) groups is 1. The highest BCUT2D eigenvalue weighted by Crippen LogP contribution is 2.53. The van der Waals surface area contributed by atoms with Crippen molar-refractivity contribution in [2.75, 3.05) is 12.4 Å². The van der Waals surface area contributed by atoms with Gasteiger partial charge >= 0.3 is 0 Å². The van der Waals surface area contributed by atoms with Crippen molar-refractivity contribution in [3.63, 3.8) is 0 Å². The Hall–Kier alpha value is -1.000. The van der Waals surface area contributed by atoms with Crippen LogP contribution in [0.15, 0.2) is 18.3 Å². The number of alkyl halides is 2. The van der Waals surface area contributed by atoms with Gasteiger partial charge in [0.1, 0.15) is 15.9 Å². The summed E-state index contributed by atoms with van der Waals surface area (Å²) in [7, 11) is 1.55. The first-order valence-electron chi connectivity index (χ1n) is 4.71. The van der Waals surface area contributed by atoms with E-state index in [9.17, 15) is 4.79 Å². The average molecular weight is 261 g/mol. The normalized spacial score (nSPS) is 21.3. The molecule has 1 aromatic rings. The van der Waals surface area contributed by atoms with Crippen LogP contribution in [-0.2, 0) is 4.79 Å². The fourth-order valence-electron chi connectivity index (χ4n) is 1.32. The van der Waals surface area contributed by atoms with E-state index in [-0.39, 0.29) is 11.8 Å². The average Bonchev–Trinajstić information content (AvgIpc) is 2.88. The first-order valence-corrected chi connectivity index (χ1v) is 5.47. The summed E-state index contributed by atoms with van der Waals surface area (Å²) in [5.74, 6) is 0.485. The molecule has 1 aromatic heterocycles. The van der Waals surface area contributed by atoms with Crippen LogP contribution in [0.2, 0.25) is 0 Å². The molecule has 4 nitrogen and oxygen atoms in total. The Morgan fingerprint density at radius 1 is 1.69 bits per heavy atom. The van der Waals surface area contributed by atoms with Gasteiger partial charge < -0.3 is 10.1 Å². The maximum Gasteiger partial charge on any atom is 0.231 e. The van der Waals surface area contributed by atoms with Crippen LogP contribution in [0.4, 0.5) is 5.82 Å². The van der Waals surface area contributed by atoms with E-state index in [4.69, 9.17) is 27.9 Å². The number of hydrogen-bond acceptors (Lipinski definition) is 3. The Morgan fingerprint density at radius 2 is 2.38 bits per heavy atom. The van der Waals surface area contributed by atoms with Crippen molar-refractivity contribution in [1.29, 1.82) is 0 Å². The molecule has 1 aliphatic carbocycles. The molecule has 0 spiro atoms. The second-order valence-corrected chi connectivity index (χ2v) is 5.13. The number of halogens is 2. The van der Waals surface area contributed by atoms with Gasteiger partial charge in [0.2, 0.25) is 5.91 Å². The molecule has 86 valence electrons. The number of anilines is 1. The SMILES string of the molecule is COc1ccnc(NC(=O)C2CC2(Cl)Cl)c1. The van der Waals surface area contributed by atoms with E-state index < -0.39 is 4.33 Å². The molecule has 1 unspecified atom stereocenters. The van der Waals surface area contributed by atoms with Crippen LogP contribution in [0.25, 0.3) is 0 Å². The number of nitrogens with zero attached hydrogens (tertiary/aromatic N) is 1. The van der Waals surface area contributed by atoms with Crippen molar-refractivity contribution in [2.24, 2.45) is 5.92 Å². The standard InChI is InChI=1S/C10H10Cl2N2O2/c1-16-6-2-3-13-8(4-6)14-9(15)7-5-10(7,11)12/h2-4,7H,5H2,1H3,(H,13,14,15). The maximum atomic E-state index is 11.6. The zero-order chi connectivity index (χ0) is 11.8. The van der Waals surface area contributed by atoms with Crippen LogP contribution in [-0.4, -0.2) is 22.3 Å². The van der Waals surface area contributed by atoms with Gasteiger partial charge in [-0.25, -0.2) is 4.98 Å². The first kappa shape index (κ1) is 11.5. The van der Waals surface area contributed by atoms with Gasteiger partial charge in [-0.1, -0.05) is 0 Å². The number of pyridine rings is 1. The summed E-state index contributed by atoms with van der Waals surface area (Å²) in [5.41, 5.74) is 0. The molecule has 0 bridgehead atoms. The molecule has 6 heteroatoms. The Labute approximate surface area is 103 Å². The van der Waals surface area contributed by atoms with Gasteiger partial charge in [0.25, 0.3) is 0 Å². The number of carbonyl (C=O) groups excluding carboxylic acids is 1. The number of rotatable bonds is 3. The summed E-state index contributed by atoms with van der Waals surface area (Å²) in [6.45, 7) is 0. The van der Waals surface area contributed by atoms with Gasteiger partial charge in [0, 0.05) is 12.3 Å². The van der Waals surface area contributed by atoms with Gasteiger partial charge in [-0.3, -0.25) is 4.79 Å². The Kier molecular flexibility index (Phi) is 2.95. The number of hydrogen-bond donors (Lipinski definition) is 1. The van der Waals surface area contributed by atoms with Crippen LogP contribution < -0.4 is 10.1 Å². The van der Waals surface area contributed by atoms with Crippen LogP contribution >= 0.6 is 23.2 Å². The highest BCUT2D eigenvalue weighted by molar-refractivity contribution is 6.52. The third-order valence-corrected chi connectivity index (χ3v) is 3.20. The monoisotopic (exact) mass is 260 g/mol. The summed E-state index contributed by atoms with van der Waals surface area (Å²) in [6, 6.07) is 3.32. The maximum absolute atomic E-state index is 11.6. The van der Waals surface area contributed by atoms with Crippen molar-refractivity contribution >= 4 is 34.9 Å². The smallest absolute Gasteiger partial charge is 0.231 e. The second kappa shape index (κ2) is 4.11. The lowest BCUT2D eigenvalue weighted by Crippen LogP contribution is -2.17. The van der Waals surface area contributed by atoms with Crippen molar-refractivity contribution in [3.05, 3.63) is 18.3 Å². The predicted octanol–water partition coefficient (Wildman–Crippen LogP) is 2.22. The molecule has 0 aliphatic heterocycles. The van der Waals surface area contributed by atoms with E-state index in [1.165, 1.54) is 0 Å². The van der Waals surface area contributed by atoms with Gasteiger partial charge in [-0.15, -0.1) is 23.2 Å². The van der Waals surface area contributed by atoms with Crippen molar-refractivity contribution < 1.29 is 9.53 Å². The van der Waals surface area contributed by atoms with Crippen LogP contribution in [0, 0.1) is 5.92 Å². The van der Waals surface area contributed by atoms with E-state index in [2.05, 4.69) is 10.3 Å². The third kappa shape index (κ3) is 2.39. The van der Waals surface area contributed by atoms with Crippen LogP contribution in [0.1, 0.15) is 6.42 Å². The quantitative estimate of drug-likeness (QED) is 0.849. The number of amides is 1. The molecule has 16 heavy (non-hydrogen) atoms. The van der Waals surface area contributed by atoms with E-state index >= 15 is 0 Å². The number of nitrogens with one attached hydrogen (secondary N) is 1. The third-order valence-electron chi connectivity index (χ3n) is 2.36.